The zero-order valence-corrected chi connectivity index (χ0v) is 12.5. The predicted octanol–water partition coefficient (Wildman–Crippen LogP) is 2.23. The Balaban J connectivity index is 2.22. The van der Waals surface area contributed by atoms with Crippen molar-refractivity contribution in [1.82, 2.24) is 4.98 Å². The minimum Gasteiger partial charge on any atom is -0.377 e. The van der Waals surface area contributed by atoms with Crippen LogP contribution >= 0.6 is 11.6 Å². The number of ether oxygens (including phenoxy) is 2. The van der Waals surface area contributed by atoms with Gasteiger partial charge in [-0.2, -0.15) is 0 Å². The highest BCUT2D eigenvalue weighted by molar-refractivity contribution is 6.17. The Kier molecular flexibility index (Phi) is 5.02. The molecule has 0 radical (unpaired) electrons. The lowest BCUT2D eigenvalue weighted by atomic mass is 10.2. The van der Waals surface area contributed by atoms with E-state index in [9.17, 15) is 0 Å². The number of halogens is 1. The van der Waals surface area contributed by atoms with Gasteiger partial charge in [0.15, 0.2) is 0 Å². The Morgan fingerprint density at radius 2 is 1.89 bits per heavy atom. The van der Waals surface area contributed by atoms with Crippen LogP contribution in [0.15, 0.2) is 12.1 Å². The Morgan fingerprint density at radius 1 is 1.26 bits per heavy atom. The zero-order valence-electron chi connectivity index (χ0n) is 11.7. The van der Waals surface area contributed by atoms with Gasteiger partial charge >= 0.3 is 0 Å². The molecule has 1 aromatic heterocycles. The van der Waals surface area contributed by atoms with E-state index in [4.69, 9.17) is 21.1 Å². The van der Waals surface area contributed by atoms with Gasteiger partial charge in [0.2, 0.25) is 0 Å². The van der Waals surface area contributed by atoms with Crippen LogP contribution in [0.4, 0.5) is 5.82 Å². The summed E-state index contributed by atoms with van der Waals surface area (Å²) in [6.07, 6.45) is 1.10. The first-order valence-electron chi connectivity index (χ1n) is 6.58. The van der Waals surface area contributed by atoms with Crippen molar-refractivity contribution >= 4 is 17.4 Å². The number of pyridine rings is 1. The van der Waals surface area contributed by atoms with E-state index >= 15 is 0 Å². The average molecular weight is 285 g/mol. The Morgan fingerprint density at radius 3 is 2.37 bits per heavy atom. The molecule has 1 aliphatic heterocycles. The van der Waals surface area contributed by atoms with Gasteiger partial charge in [-0.3, -0.25) is 0 Å². The lowest BCUT2D eigenvalue weighted by molar-refractivity contribution is -0.00461. The summed E-state index contributed by atoms with van der Waals surface area (Å²) in [7, 11) is 3.44. The van der Waals surface area contributed by atoms with E-state index in [1.54, 1.807) is 14.2 Å². The molecule has 0 saturated carbocycles. The number of anilines is 1. The van der Waals surface area contributed by atoms with E-state index in [0.717, 1.165) is 36.6 Å². The van der Waals surface area contributed by atoms with Gasteiger partial charge in [-0.25, -0.2) is 4.98 Å². The van der Waals surface area contributed by atoms with Gasteiger partial charge < -0.3 is 14.4 Å². The highest BCUT2D eigenvalue weighted by Crippen LogP contribution is 2.24. The summed E-state index contributed by atoms with van der Waals surface area (Å²) in [6, 6.07) is 4.12. The van der Waals surface area contributed by atoms with E-state index in [-0.39, 0.29) is 12.2 Å². The molecule has 0 N–H and O–H groups in total. The molecule has 106 valence electrons. The van der Waals surface area contributed by atoms with E-state index in [0.29, 0.717) is 5.88 Å². The SMILES string of the molecule is CCc1cc(CCl)cc(N2CC(OC)C(OC)C2)n1. The molecular formula is C14H21ClN2O2. The second-order valence-corrected chi connectivity index (χ2v) is 5.03. The molecule has 0 spiro atoms. The van der Waals surface area contributed by atoms with Crippen LogP contribution < -0.4 is 4.90 Å². The van der Waals surface area contributed by atoms with E-state index in [1.807, 2.05) is 0 Å². The summed E-state index contributed by atoms with van der Waals surface area (Å²) in [5.41, 5.74) is 2.18. The molecule has 2 heterocycles. The highest BCUT2D eigenvalue weighted by atomic mass is 35.5. The van der Waals surface area contributed by atoms with Crippen LogP contribution in [-0.2, 0) is 21.8 Å². The minimum atomic E-state index is 0.0940. The van der Waals surface area contributed by atoms with Gasteiger partial charge in [-0.05, 0) is 24.1 Å². The molecule has 2 unspecified atom stereocenters. The lowest BCUT2D eigenvalue weighted by Crippen LogP contribution is -2.27. The fourth-order valence-electron chi connectivity index (χ4n) is 2.44. The number of alkyl halides is 1. The van der Waals surface area contributed by atoms with E-state index < -0.39 is 0 Å². The Hall–Kier alpha value is -0.840. The number of hydrogen-bond donors (Lipinski definition) is 0. The number of aromatic nitrogens is 1. The van der Waals surface area contributed by atoms with Crippen LogP contribution in [0.1, 0.15) is 18.2 Å². The molecule has 0 aliphatic carbocycles. The second-order valence-electron chi connectivity index (χ2n) is 4.77. The largest absolute Gasteiger partial charge is 0.377 e. The van der Waals surface area contributed by atoms with Crippen molar-refractivity contribution in [2.75, 3.05) is 32.2 Å². The van der Waals surface area contributed by atoms with Crippen LogP contribution in [-0.4, -0.2) is 44.5 Å². The molecule has 0 amide bonds. The standard InChI is InChI=1S/C14H21ClN2O2/c1-4-11-5-10(7-15)6-14(16-11)17-8-12(18-2)13(9-17)19-3/h5-6,12-13H,4,7-9H2,1-3H3. The molecule has 1 aromatic rings. The maximum absolute atomic E-state index is 5.95. The average Bonchev–Trinajstić information content (AvgIpc) is 2.89. The van der Waals surface area contributed by atoms with Crippen molar-refractivity contribution in [2.24, 2.45) is 0 Å². The van der Waals surface area contributed by atoms with Crippen LogP contribution in [0, 0.1) is 0 Å². The predicted molar refractivity (Wildman–Crippen MR) is 77.0 cm³/mol. The molecular weight excluding hydrogens is 264 g/mol. The summed E-state index contributed by atoms with van der Waals surface area (Å²) in [5, 5.41) is 0. The van der Waals surface area contributed by atoms with Crippen LogP contribution in [0.5, 0.6) is 0 Å². The first-order valence-corrected chi connectivity index (χ1v) is 7.11. The Bertz CT molecular complexity index is 394. The quantitative estimate of drug-likeness (QED) is 0.777. The van der Waals surface area contributed by atoms with Crippen LogP contribution in [0.2, 0.25) is 0 Å². The third kappa shape index (κ3) is 3.19. The fourth-order valence-corrected chi connectivity index (χ4v) is 2.59. The number of rotatable bonds is 5. The third-order valence-corrected chi connectivity index (χ3v) is 3.89. The van der Waals surface area contributed by atoms with Crippen molar-refractivity contribution in [2.45, 2.75) is 31.4 Å². The molecule has 2 atom stereocenters. The molecule has 1 fully saturated rings. The van der Waals surface area contributed by atoms with Crippen LogP contribution in [0.3, 0.4) is 0 Å². The van der Waals surface area contributed by atoms with Gasteiger partial charge in [-0.1, -0.05) is 6.92 Å². The molecule has 2 rings (SSSR count). The molecule has 5 heteroatoms. The van der Waals surface area contributed by atoms with E-state index in [2.05, 4.69) is 28.9 Å². The molecule has 1 saturated heterocycles. The Labute approximate surface area is 119 Å². The summed E-state index contributed by atoms with van der Waals surface area (Å²) in [5.74, 6) is 1.48. The molecule has 0 aromatic carbocycles. The van der Waals surface area contributed by atoms with Crippen molar-refractivity contribution in [1.29, 1.82) is 0 Å². The van der Waals surface area contributed by atoms with Crippen molar-refractivity contribution in [3.63, 3.8) is 0 Å². The topological polar surface area (TPSA) is 34.6 Å². The molecule has 0 bridgehead atoms. The van der Waals surface area contributed by atoms with E-state index in [1.165, 1.54) is 0 Å². The monoisotopic (exact) mass is 284 g/mol. The maximum atomic E-state index is 5.95. The first kappa shape index (κ1) is 14.6. The second kappa shape index (κ2) is 6.55. The summed E-state index contributed by atoms with van der Waals surface area (Å²) in [6.45, 7) is 3.71. The van der Waals surface area contributed by atoms with Gasteiger partial charge in [-0.15, -0.1) is 11.6 Å². The first-order chi connectivity index (χ1) is 9.21. The smallest absolute Gasteiger partial charge is 0.129 e. The lowest BCUT2D eigenvalue weighted by Gasteiger charge is -2.18. The number of nitrogens with zero attached hydrogens (tertiary/aromatic N) is 2. The summed E-state index contributed by atoms with van der Waals surface area (Å²) < 4.78 is 10.9. The third-order valence-electron chi connectivity index (χ3n) is 3.59. The van der Waals surface area contributed by atoms with Gasteiger partial charge in [0.05, 0.1) is 0 Å². The van der Waals surface area contributed by atoms with Gasteiger partial charge in [0.25, 0.3) is 0 Å². The summed E-state index contributed by atoms with van der Waals surface area (Å²) in [4.78, 5) is 6.88. The molecule has 19 heavy (non-hydrogen) atoms. The maximum Gasteiger partial charge on any atom is 0.129 e. The zero-order chi connectivity index (χ0) is 13.8. The number of aryl methyl sites for hydroxylation is 1. The number of hydrogen-bond acceptors (Lipinski definition) is 4. The summed E-state index contributed by atoms with van der Waals surface area (Å²) >= 11 is 5.95. The van der Waals surface area contributed by atoms with Gasteiger partial charge in [0, 0.05) is 38.9 Å². The van der Waals surface area contributed by atoms with Gasteiger partial charge in [0.1, 0.15) is 18.0 Å². The number of methoxy groups -OCH3 is 2. The van der Waals surface area contributed by atoms with Crippen molar-refractivity contribution < 1.29 is 9.47 Å². The van der Waals surface area contributed by atoms with Crippen molar-refractivity contribution in [3.8, 4) is 0 Å². The fraction of sp³-hybridized carbons (Fsp3) is 0.643. The van der Waals surface area contributed by atoms with Crippen LogP contribution in [0.25, 0.3) is 0 Å². The minimum absolute atomic E-state index is 0.0940. The van der Waals surface area contributed by atoms with Crippen molar-refractivity contribution in [3.05, 3.63) is 23.4 Å². The molecule has 1 aliphatic rings. The highest BCUT2D eigenvalue weighted by Gasteiger charge is 2.33. The molecule has 4 nitrogen and oxygen atoms in total. The normalized spacial score (nSPS) is 23.1.